The SMILES string of the molecule is CC(CNc1ccncc1)C(=O)O. The summed E-state index contributed by atoms with van der Waals surface area (Å²) in [5.41, 5.74) is 0.892. The number of nitrogens with one attached hydrogen (secondary N) is 1. The lowest BCUT2D eigenvalue weighted by molar-refractivity contribution is -0.140. The van der Waals surface area contributed by atoms with Crippen LogP contribution in [0, 0.1) is 5.92 Å². The second-order valence-corrected chi connectivity index (χ2v) is 2.86. The number of carbonyl (C=O) groups is 1. The average molecular weight is 180 g/mol. The van der Waals surface area contributed by atoms with E-state index in [-0.39, 0.29) is 5.92 Å². The van der Waals surface area contributed by atoms with Crippen LogP contribution < -0.4 is 5.32 Å². The van der Waals surface area contributed by atoms with E-state index in [1.165, 1.54) is 0 Å². The zero-order valence-corrected chi connectivity index (χ0v) is 7.40. The van der Waals surface area contributed by atoms with Gasteiger partial charge in [-0.3, -0.25) is 9.78 Å². The number of pyridine rings is 1. The van der Waals surface area contributed by atoms with E-state index in [4.69, 9.17) is 5.11 Å². The van der Waals surface area contributed by atoms with Crippen LogP contribution in [0.5, 0.6) is 0 Å². The highest BCUT2D eigenvalue weighted by Crippen LogP contribution is 2.04. The molecule has 1 heterocycles. The van der Waals surface area contributed by atoms with Gasteiger partial charge in [-0.25, -0.2) is 0 Å². The van der Waals surface area contributed by atoms with Crippen LogP contribution in [-0.2, 0) is 4.79 Å². The molecule has 13 heavy (non-hydrogen) atoms. The van der Waals surface area contributed by atoms with Crippen LogP contribution in [0.3, 0.4) is 0 Å². The molecule has 2 N–H and O–H groups in total. The Bertz CT molecular complexity index is 274. The van der Waals surface area contributed by atoms with E-state index in [9.17, 15) is 4.79 Å². The molecule has 0 fully saturated rings. The van der Waals surface area contributed by atoms with Crippen molar-refractivity contribution in [2.45, 2.75) is 6.92 Å². The molecule has 0 spiro atoms. The first kappa shape index (κ1) is 9.51. The summed E-state index contributed by atoms with van der Waals surface area (Å²) < 4.78 is 0. The summed E-state index contributed by atoms with van der Waals surface area (Å²) >= 11 is 0. The molecule has 0 aromatic carbocycles. The summed E-state index contributed by atoms with van der Waals surface area (Å²) in [6.07, 6.45) is 3.32. The molecule has 0 saturated heterocycles. The predicted octanol–water partition coefficient (Wildman–Crippen LogP) is 1.21. The van der Waals surface area contributed by atoms with Gasteiger partial charge in [0.25, 0.3) is 0 Å². The average Bonchev–Trinajstić information content (AvgIpc) is 2.15. The van der Waals surface area contributed by atoms with Crippen LogP contribution in [0.1, 0.15) is 6.92 Å². The summed E-state index contributed by atoms with van der Waals surface area (Å²) in [4.78, 5) is 14.3. The first-order valence-corrected chi connectivity index (χ1v) is 4.07. The molecule has 1 unspecified atom stereocenters. The molecule has 0 aliphatic heterocycles. The molecule has 0 aliphatic rings. The van der Waals surface area contributed by atoms with E-state index in [0.717, 1.165) is 5.69 Å². The molecule has 0 aliphatic carbocycles. The summed E-state index contributed by atoms with van der Waals surface area (Å²) in [7, 11) is 0. The van der Waals surface area contributed by atoms with Crippen molar-refractivity contribution in [3.63, 3.8) is 0 Å². The first-order valence-electron chi connectivity index (χ1n) is 4.07. The van der Waals surface area contributed by atoms with Gasteiger partial charge in [0.15, 0.2) is 0 Å². The van der Waals surface area contributed by atoms with E-state index in [2.05, 4.69) is 10.3 Å². The van der Waals surface area contributed by atoms with Crippen LogP contribution in [-0.4, -0.2) is 22.6 Å². The quantitative estimate of drug-likeness (QED) is 0.731. The molecule has 1 atom stereocenters. The monoisotopic (exact) mass is 180 g/mol. The van der Waals surface area contributed by atoms with Crippen molar-refractivity contribution in [3.05, 3.63) is 24.5 Å². The van der Waals surface area contributed by atoms with Crippen molar-refractivity contribution in [1.82, 2.24) is 4.98 Å². The highest BCUT2D eigenvalue weighted by Gasteiger charge is 2.09. The second kappa shape index (κ2) is 4.45. The van der Waals surface area contributed by atoms with Crippen LogP contribution in [0.15, 0.2) is 24.5 Å². The van der Waals surface area contributed by atoms with Gasteiger partial charge in [0.2, 0.25) is 0 Å². The smallest absolute Gasteiger partial charge is 0.308 e. The molecule has 4 nitrogen and oxygen atoms in total. The Morgan fingerprint density at radius 3 is 2.77 bits per heavy atom. The van der Waals surface area contributed by atoms with Crippen LogP contribution in [0.2, 0.25) is 0 Å². The Kier molecular flexibility index (Phi) is 3.25. The number of rotatable bonds is 4. The Hall–Kier alpha value is -1.58. The second-order valence-electron chi connectivity index (χ2n) is 2.86. The summed E-state index contributed by atoms with van der Waals surface area (Å²) in [5.74, 6) is -1.17. The maximum Gasteiger partial charge on any atom is 0.308 e. The zero-order valence-electron chi connectivity index (χ0n) is 7.40. The van der Waals surface area contributed by atoms with Gasteiger partial charge in [-0.1, -0.05) is 6.92 Å². The third kappa shape index (κ3) is 3.11. The lowest BCUT2D eigenvalue weighted by Crippen LogP contribution is -2.19. The maximum absolute atomic E-state index is 10.5. The molecule has 0 radical (unpaired) electrons. The van der Waals surface area contributed by atoms with Gasteiger partial charge in [-0.05, 0) is 12.1 Å². The third-order valence-corrected chi connectivity index (χ3v) is 1.71. The molecule has 70 valence electrons. The van der Waals surface area contributed by atoms with Crippen LogP contribution in [0.25, 0.3) is 0 Å². The fourth-order valence-electron chi connectivity index (χ4n) is 0.828. The summed E-state index contributed by atoms with van der Waals surface area (Å²) in [6.45, 7) is 2.09. The van der Waals surface area contributed by atoms with Crippen LogP contribution in [0.4, 0.5) is 5.69 Å². The molecule has 1 rings (SSSR count). The standard InChI is InChI=1S/C9H12N2O2/c1-7(9(12)13)6-11-8-2-4-10-5-3-8/h2-5,7H,6H2,1H3,(H,10,11)(H,12,13). The fourth-order valence-corrected chi connectivity index (χ4v) is 0.828. The van der Waals surface area contributed by atoms with Gasteiger partial charge in [-0.15, -0.1) is 0 Å². The topological polar surface area (TPSA) is 62.2 Å². The number of carboxylic acids is 1. The molecular formula is C9H12N2O2. The Morgan fingerprint density at radius 2 is 2.23 bits per heavy atom. The van der Waals surface area contributed by atoms with Gasteiger partial charge in [0, 0.05) is 24.6 Å². The largest absolute Gasteiger partial charge is 0.481 e. The van der Waals surface area contributed by atoms with Gasteiger partial charge in [-0.2, -0.15) is 0 Å². The van der Waals surface area contributed by atoms with E-state index >= 15 is 0 Å². The number of hydrogen-bond donors (Lipinski definition) is 2. The lowest BCUT2D eigenvalue weighted by atomic mass is 10.2. The van der Waals surface area contributed by atoms with Gasteiger partial charge in [0.1, 0.15) is 0 Å². The number of aliphatic carboxylic acids is 1. The van der Waals surface area contributed by atoms with Gasteiger partial charge in [0.05, 0.1) is 5.92 Å². The van der Waals surface area contributed by atoms with Crippen molar-refractivity contribution in [2.75, 3.05) is 11.9 Å². The maximum atomic E-state index is 10.5. The minimum atomic E-state index is -0.790. The van der Waals surface area contributed by atoms with E-state index in [1.807, 2.05) is 0 Å². The van der Waals surface area contributed by atoms with Crippen molar-refractivity contribution in [2.24, 2.45) is 5.92 Å². The Morgan fingerprint density at radius 1 is 1.62 bits per heavy atom. The van der Waals surface area contributed by atoms with Crippen molar-refractivity contribution in [3.8, 4) is 0 Å². The minimum Gasteiger partial charge on any atom is -0.481 e. The minimum absolute atomic E-state index is 0.381. The molecule has 4 heteroatoms. The highest BCUT2D eigenvalue weighted by molar-refractivity contribution is 5.70. The first-order chi connectivity index (χ1) is 6.20. The number of aromatic nitrogens is 1. The molecule has 0 bridgehead atoms. The van der Waals surface area contributed by atoms with Crippen LogP contribution >= 0.6 is 0 Å². The fraction of sp³-hybridized carbons (Fsp3) is 0.333. The van der Waals surface area contributed by atoms with Crippen molar-refractivity contribution in [1.29, 1.82) is 0 Å². The number of hydrogen-bond acceptors (Lipinski definition) is 3. The van der Waals surface area contributed by atoms with Gasteiger partial charge < -0.3 is 10.4 Å². The van der Waals surface area contributed by atoms with E-state index in [1.54, 1.807) is 31.5 Å². The normalized spacial score (nSPS) is 12.1. The number of carboxylic acid groups (broad SMARTS) is 1. The summed E-state index contributed by atoms with van der Waals surface area (Å²) in [6, 6.07) is 3.60. The predicted molar refractivity (Wildman–Crippen MR) is 49.5 cm³/mol. The molecule has 1 aromatic rings. The highest BCUT2D eigenvalue weighted by atomic mass is 16.4. The number of anilines is 1. The van der Waals surface area contributed by atoms with E-state index in [0.29, 0.717) is 6.54 Å². The molecule has 0 amide bonds. The summed E-state index contributed by atoms with van der Waals surface area (Å²) in [5, 5.41) is 11.6. The van der Waals surface area contributed by atoms with Crippen molar-refractivity contribution < 1.29 is 9.90 Å². The zero-order chi connectivity index (χ0) is 9.68. The number of nitrogens with zero attached hydrogens (tertiary/aromatic N) is 1. The molecule has 0 saturated carbocycles. The van der Waals surface area contributed by atoms with Crippen molar-refractivity contribution >= 4 is 11.7 Å². The van der Waals surface area contributed by atoms with E-state index < -0.39 is 5.97 Å². The lowest BCUT2D eigenvalue weighted by Gasteiger charge is -2.08. The Balaban J connectivity index is 2.39. The Labute approximate surface area is 76.6 Å². The molecule has 1 aromatic heterocycles. The van der Waals surface area contributed by atoms with Gasteiger partial charge >= 0.3 is 5.97 Å². The third-order valence-electron chi connectivity index (χ3n) is 1.71. The molecular weight excluding hydrogens is 168 g/mol.